The van der Waals surface area contributed by atoms with E-state index >= 15 is 0 Å². The molecule has 2 aromatic rings. The Morgan fingerprint density at radius 3 is 2.76 bits per heavy atom. The van der Waals surface area contributed by atoms with Crippen molar-refractivity contribution >= 4 is 5.82 Å². The van der Waals surface area contributed by atoms with Gasteiger partial charge in [-0.25, -0.2) is 0 Å². The number of anilines is 1. The molecule has 0 unspecified atom stereocenters. The summed E-state index contributed by atoms with van der Waals surface area (Å²) in [6.45, 7) is 0.611. The van der Waals surface area contributed by atoms with E-state index in [1.165, 1.54) is 6.26 Å². The van der Waals surface area contributed by atoms with E-state index in [2.05, 4.69) is 10.5 Å². The van der Waals surface area contributed by atoms with Crippen LogP contribution in [-0.4, -0.2) is 19.4 Å². The fourth-order valence-corrected chi connectivity index (χ4v) is 1.49. The highest BCUT2D eigenvalue weighted by atomic mass is 16.5. The minimum Gasteiger partial charge on any atom is -0.497 e. The first kappa shape index (κ1) is 11.3. The Balaban J connectivity index is 2.09. The lowest BCUT2D eigenvalue weighted by molar-refractivity contribution is 0.391. The van der Waals surface area contributed by atoms with Gasteiger partial charge in [-0.3, -0.25) is 0 Å². The zero-order chi connectivity index (χ0) is 12.1. The lowest BCUT2D eigenvalue weighted by Gasteiger charge is -2.10. The van der Waals surface area contributed by atoms with Crippen molar-refractivity contribution in [2.24, 2.45) is 0 Å². The van der Waals surface area contributed by atoms with Gasteiger partial charge in [0.25, 0.3) is 0 Å². The van der Waals surface area contributed by atoms with Crippen molar-refractivity contribution in [3.8, 4) is 11.5 Å². The van der Waals surface area contributed by atoms with Crippen LogP contribution in [0.5, 0.6) is 11.5 Å². The van der Waals surface area contributed by atoms with Gasteiger partial charge in [0.2, 0.25) is 0 Å². The van der Waals surface area contributed by atoms with Gasteiger partial charge in [0, 0.05) is 24.2 Å². The molecule has 0 aliphatic heterocycles. The molecule has 0 aliphatic carbocycles. The third-order valence-electron chi connectivity index (χ3n) is 2.39. The molecule has 1 aromatic carbocycles. The summed E-state index contributed by atoms with van der Waals surface area (Å²) in [4.78, 5) is 0. The van der Waals surface area contributed by atoms with Crippen LogP contribution in [0, 0.1) is 0 Å². The van der Waals surface area contributed by atoms with Crippen LogP contribution in [-0.2, 0) is 6.54 Å². The maximum Gasteiger partial charge on any atom is 0.169 e. The molecule has 5 nitrogen and oxygen atoms in total. The van der Waals surface area contributed by atoms with Gasteiger partial charge in [-0.05, 0) is 12.1 Å². The Labute approximate surface area is 99.3 Å². The zero-order valence-electron chi connectivity index (χ0n) is 9.77. The molecule has 90 valence electrons. The van der Waals surface area contributed by atoms with Crippen LogP contribution in [0.25, 0.3) is 0 Å². The maximum absolute atomic E-state index is 5.29. The van der Waals surface area contributed by atoms with Crippen LogP contribution in [0.3, 0.4) is 0 Å². The summed E-state index contributed by atoms with van der Waals surface area (Å²) < 4.78 is 15.2. The van der Waals surface area contributed by atoms with E-state index in [4.69, 9.17) is 14.0 Å². The number of hydrogen-bond donors (Lipinski definition) is 1. The molecule has 1 heterocycles. The van der Waals surface area contributed by atoms with Crippen molar-refractivity contribution < 1.29 is 14.0 Å². The Morgan fingerprint density at radius 2 is 2.12 bits per heavy atom. The maximum atomic E-state index is 5.29. The number of nitrogens with one attached hydrogen (secondary N) is 1. The summed E-state index contributed by atoms with van der Waals surface area (Å²) in [6, 6.07) is 7.45. The molecule has 0 spiro atoms. The van der Waals surface area contributed by atoms with E-state index in [1.54, 1.807) is 20.3 Å². The predicted octanol–water partition coefficient (Wildman–Crippen LogP) is 2.30. The van der Waals surface area contributed by atoms with Crippen LogP contribution in [0.4, 0.5) is 5.82 Å². The quantitative estimate of drug-likeness (QED) is 0.860. The topological polar surface area (TPSA) is 56.5 Å². The van der Waals surface area contributed by atoms with Crippen LogP contribution >= 0.6 is 0 Å². The van der Waals surface area contributed by atoms with Gasteiger partial charge in [0.05, 0.1) is 14.2 Å². The summed E-state index contributed by atoms with van der Waals surface area (Å²) in [5.74, 6) is 2.25. The Kier molecular flexibility index (Phi) is 3.49. The average Bonchev–Trinajstić information content (AvgIpc) is 2.89. The van der Waals surface area contributed by atoms with Gasteiger partial charge in [-0.2, -0.15) is 0 Å². The van der Waals surface area contributed by atoms with Gasteiger partial charge < -0.3 is 19.3 Å². The van der Waals surface area contributed by atoms with Crippen molar-refractivity contribution in [3.05, 3.63) is 36.1 Å². The number of hydrogen-bond acceptors (Lipinski definition) is 5. The molecule has 0 fully saturated rings. The predicted molar refractivity (Wildman–Crippen MR) is 63.4 cm³/mol. The van der Waals surface area contributed by atoms with E-state index in [-0.39, 0.29) is 0 Å². The monoisotopic (exact) mass is 234 g/mol. The Bertz CT molecular complexity index is 469. The minimum absolute atomic E-state index is 0.611. The van der Waals surface area contributed by atoms with Crippen molar-refractivity contribution in [1.29, 1.82) is 0 Å². The number of rotatable bonds is 5. The number of aromatic nitrogens is 1. The smallest absolute Gasteiger partial charge is 0.169 e. The summed E-state index contributed by atoms with van der Waals surface area (Å²) in [7, 11) is 3.26. The largest absolute Gasteiger partial charge is 0.497 e. The summed E-state index contributed by atoms with van der Waals surface area (Å²) >= 11 is 0. The van der Waals surface area contributed by atoms with Gasteiger partial charge in [-0.1, -0.05) is 5.16 Å². The number of nitrogens with zero attached hydrogens (tertiary/aromatic N) is 1. The molecule has 0 bridgehead atoms. The number of ether oxygens (including phenoxy) is 2. The lowest BCUT2D eigenvalue weighted by atomic mass is 10.2. The number of methoxy groups -OCH3 is 2. The molecule has 0 radical (unpaired) electrons. The van der Waals surface area contributed by atoms with E-state index in [9.17, 15) is 0 Å². The van der Waals surface area contributed by atoms with Gasteiger partial charge in [0.15, 0.2) is 5.82 Å². The van der Waals surface area contributed by atoms with Crippen LogP contribution in [0.1, 0.15) is 5.56 Å². The standard InChI is InChI=1S/C12H14N2O3/c1-15-10-4-3-9(11(7-10)16-2)8-13-12-5-6-17-14-12/h3-7H,8H2,1-2H3,(H,13,14). The highest BCUT2D eigenvalue weighted by Crippen LogP contribution is 2.25. The molecule has 0 saturated carbocycles. The van der Waals surface area contributed by atoms with Crippen molar-refractivity contribution in [3.63, 3.8) is 0 Å². The molecular weight excluding hydrogens is 220 g/mol. The Morgan fingerprint density at radius 1 is 1.24 bits per heavy atom. The molecule has 1 N–H and O–H groups in total. The second-order valence-electron chi connectivity index (χ2n) is 3.42. The van der Waals surface area contributed by atoms with E-state index in [1.807, 2.05) is 18.2 Å². The van der Waals surface area contributed by atoms with E-state index in [0.29, 0.717) is 12.4 Å². The summed E-state index contributed by atoms with van der Waals surface area (Å²) in [5, 5.41) is 6.90. The normalized spacial score (nSPS) is 10.0. The van der Waals surface area contributed by atoms with Crippen LogP contribution in [0.2, 0.25) is 0 Å². The SMILES string of the molecule is COc1ccc(CNc2ccon2)c(OC)c1. The van der Waals surface area contributed by atoms with Gasteiger partial charge in [0.1, 0.15) is 17.8 Å². The van der Waals surface area contributed by atoms with Crippen LogP contribution < -0.4 is 14.8 Å². The van der Waals surface area contributed by atoms with E-state index in [0.717, 1.165) is 17.1 Å². The highest BCUT2D eigenvalue weighted by molar-refractivity contribution is 5.43. The highest BCUT2D eigenvalue weighted by Gasteiger charge is 2.05. The molecule has 0 aliphatic rings. The first-order valence-corrected chi connectivity index (χ1v) is 5.18. The summed E-state index contributed by atoms with van der Waals surface area (Å²) in [5.41, 5.74) is 1.02. The first-order valence-electron chi connectivity index (χ1n) is 5.18. The molecule has 0 saturated heterocycles. The summed E-state index contributed by atoms with van der Waals surface area (Å²) in [6.07, 6.45) is 1.52. The molecule has 17 heavy (non-hydrogen) atoms. The fourth-order valence-electron chi connectivity index (χ4n) is 1.49. The third kappa shape index (κ3) is 2.69. The van der Waals surface area contributed by atoms with Crippen molar-refractivity contribution in [2.75, 3.05) is 19.5 Å². The van der Waals surface area contributed by atoms with Crippen LogP contribution in [0.15, 0.2) is 35.1 Å². The minimum atomic E-state index is 0.611. The molecule has 1 aromatic heterocycles. The molecule has 5 heteroatoms. The van der Waals surface area contributed by atoms with Gasteiger partial charge in [-0.15, -0.1) is 0 Å². The second-order valence-corrected chi connectivity index (χ2v) is 3.42. The van der Waals surface area contributed by atoms with Gasteiger partial charge >= 0.3 is 0 Å². The second kappa shape index (κ2) is 5.25. The molecular formula is C12H14N2O3. The van der Waals surface area contributed by atoms with Crippen molar-refractivity contribution in [2.45, 2.75) is 6.54 Å². The third-order valence-corrected chi connectivity index (χ3v) is 2.39. The fraction of sp³-hybridized carbons (Fsp3) is 0.250. The number of benzene rings is 1. The molecule has 0 atom stereocenters. The molecule has 2 rings (SSSR count). The average molecular weight is 234 g/mol. The lowest BCUT2D eigenvalue weighted by Crippen LogP contribution is -2.02. The zero-order valence-corrected chi connectivity index (χ0v) is 9.77. The Hall–Kier alpha value is -2.17. The first-order chi connectivity index (χ1) is 8.33. The van der Waals surface area contributed by atoms with Crippen molar-refractivity contribution in [1.82, 2.24) is 5.16 Å². The van der Waals surface area contributed by atoms with E-state index < -0.39 is 0 Å². The molecule has 0 amide bonds.